The Balaban J connectivity index is 1.28. The number of aromatic nitrogens is 6. The number of anilines is 2. The third kappa shape index (κ3) is 6.84. The molecule has 0 aliphatic carbocycles. The Labute approximate surface area is 315 Å². The Morgan fingerprint density at radius 3 is 2.49 bits per heavy atom. The molecular formula is C36H34ClF4N9O5. The van der Waals surface area contributed by atoms with E-state index in [1.54, 1.807) is 24.8 Å². The number of hydrogen-bond acceptors (Lipinski definition) is 10. The zero-order chi connectivity index (χ0) is 39.6. The molecule has 0 atom stereocenters. The van der Waals surface area contributed by atoms with Crippen LogP contribution in [0, 0.1) is 12.7 Å². The highest BCUT2D eigenvalue weighted by molar-refractivity contribution is 6.33. The maximum atomic E-state index is 15.7. The van der Waals surface area contributed by atoms with Crippen LogP contribution in [0.3, 0.4) is 0 Å². The summed E-state index contributed by atoms with van der Waals surface area (Å²) in [5.74, 6) is -2.42. The molecule has 7 rings (SSSR count). The number of carbonyl (C=O) groups is 2. The van der Waals surface area contributed by atoms with E-state index in [1.165, 1.54) is 21.9 Å². The molecule has 19 heteroatoms. The van der Waals surface area contributed by atoms with Gasteiger partial charge in [0.05, 0.1) is 45.4 Å². The fraction of sp³-hybridized carbons (Fsp3) is 0.361. The van der Waals surface area contributed by atoms with Crippen molar-refractivity contribution in [3.05, 3.63) is 91.6 Å². The molecule has 0 saturated carbocycles. The number of rotatable bonds is 7. The minimum Gasteiger partial charge on any atom is -0.504 e. The molecule has 288 valence electrons. The van der Waals surface area contributed by atoms with E-state index in [0.29, 0.717) is 17.3 Å². The lowest BCUT2D eigenvalue weighted by Gasteiger charge is -2.36. The first-order chi connectivity index (χ1) is 26.0. The number of aromatic hydroxyl groups is 1. The number of fused-ring (bicyclic) bond motifs is 2. The van der Waals surface area contributed by atoms with Crippen molar-refractivity contribution < 1.29 is 37.0 Å². The average Bonchev–Trinajstić information content (AvgIpc) is 3.71. The van der Waals surface area contributed by atoms with Crippen LogP contribution in [0.5, 0.6) is 5.75 Å². The normalized spacial score (nSPS) is 15.4. The average molecular weight is 784 g/mol. The van der Waals surface area contributed by atoms with Gasteiger partial charge in [-0.05, 0) is 68.7 Å². The van der Waals surface area contributed by atoms with E-state index >= 15 is 4.39 Å². The number of aryl methyl sites for hydroxylation is 1. The van der Waals surface area contributed by atoms with Crippen LogP contribution in [-0.2, 0) is 40.9 Å². The molecule has 2 N–H and O–H groups in total. The van der Waals surface area contributed by atoms with Gasteiger partial charge in [-0.3, -0.25) is 14.4 Å². The summed E-state index contributed by atoms with van der Waals surface area (Å²) >= 11 is 6.13. The Hall–Kier alpha value is -5.62. The fourth-order valence-electron chi connectivity index (χ4n) is 6.88. The van der Waals surface area contributed by atoms with Crippen molar-refractivity contribution in [2.45, 2.75) is 59.0 Å². The van der Waals surface area contributed by atoms with Crippen molar-refractivity contribution >= 4 is 40.6 Å². The van der Waals surface area contributed by atoms with Crippen molar-refractivity contribution in [2.24, 2.45) is 0 Å². The summed E-state index contributed by atoms with van der Waals surface area (Å²) in [5, 5.41) is 17.0. The van der Waals surface area contributed by atoms with Gasteiger partial charge < -0.3 is 29.5 Å². The van der Waals surface area contributed by atoms with Gasteiger partial charge in [0, 0.05) is 26.2 Å². The first-order valence-electron chi connectivity index (χ1n) is 17.2. The summed E-state index contributed by atoms with van der Waals surface area (Å²) in [4.78, 5) is 56.9. The second-order valence-corrected chi connectivity index (χ2v) is 14.1. The number of hydrogen-bond donors (Lipinski definition) is 2. The quantitative estimate of drug-likeness (QED) is 0.213. The van der Waals surface area contributed by atoms with Crippen LogP contribution in [0.2, 0.25) is 5.02 Å². The first-order valence-corrected chi connectivity index (χ1v) is 17.6. The van der Waals surface area contributed by atoms with E-state index < -0.39 is 47.1 Å². The highest BCUT2D eigenvalue weighted by Crippen LogP contribution is 2.39. The van der Waals surface area contributed by atoms with Gasteiger partial charge in [0.1, 0.15) is 24.4 Å². The lowest BCUT2D eigenvalue weighted by atomic mass is 9.94. The first kappa shape index (κ1) is 37.7. The highest BCUT2D eigenvalue weighted by atomic mass is 35.5. The predicted octanol–water partition coefficient (Wildman–Crippen LogP) is 5.10. The smallest absolute Gasteiger partial charge is 0.416 e. The molecular weight excluding hydrogens is 750 g/mol. The Morgan fingerprint density at radius 2 is 1.82 bits per heavy atom. The lowest BCUT2D eigenvalue weighted by Crippen LogP contribution is -2.51. The molecule has 2 aliphatic heterocycles. The third-order valence-corrected chi connectivity index (χ3v) is 10.1. The molecule has 0 radical (unpaired) electrons. The Kier molecular flexibility index (Phi) is 9.53. The lowest BCUT2D eigenvalue weighted by molar-refractivity contribution is -0.137. The van der Waals surface area contributed by atoms with Crippen molar-refractivity contribution in [2.75, 3.05) is 36.4 Å². The molecule has 5 aromatic rings. The van der Waals surface area contributed by atoms with Gasteiger partial charge in [-0.1, -0.05) is 18.5 Å². The largest absolute Gasteiger partial charge is 0.504 e. The van der Waals surface area contributed by atoms with Crippen LogP contribution in [0.15, 0.2) is 41.5 Å². The molecule has 0 spiro atoms. The Bertz CT molecular complexity index is 2440. The summed E-state index contributed by atoms with van der Waals surface area (Å²) in [7, 11) is 0. The molecule has 3 aromatic heterocycles. The molecule has 0 unspecified atom stereocenters. The number of halogens is 5. The predicted molar refractivity (Wildman–Crippen MR) is 191 cm³/mol. The maximum absolute atomic E-state index is 15.7. The van der Waals surface area contributed by atoms with Crippen LogP contribution < -0.4 is 15.8 Å². The minimum atomic E-state index is -4.65. The van der Waals surface area contributed by atoms with E-state index in [-0.39, 0.29) is 89.9 Å². The summed E-state index contributed by atoms with van der Waals surface area (Å²) < 4.78 is 63.8. The Morgan fingerprint density at radius 1 is 1.09 bits per heavy atom. The zero-order valence-corrected chi connectivity index (χ0v) is 30.7. The van der Waals surface area contributed by atoms with Gasteiger partial charge in [0.2, 0.25) is 11.7 Å². The molecule has 14 nitrogen and oxygen atoms in total. The molecule has 2 aromatic carbocycles. The van der Waals surface area contributed by atoms with Crippen molar-refractivity contribution in [3.63, 3.8) is 0 Å². The van der Waals surface area contributed by atoms with Gasteiger partial charge in [-0.2, -0.15) is 22.7 Å². The molecule has 55 heavy (non-hydrogen) atoms. The minimum absolute atomic E-state index is 0.00521. The van der Waals surface area contributed by atoms with Crippen LogP contribution in [0.1, 0.15) is 59.3 Å². The summed E-state index contributed by atoms with van der Waals surface area (Å²) in [6.45, 7) is 7.26. The van der Waals surface area contributed by atoms with Crippen molar-refractivity contribution in [1.82, 2.24) is 34.0 Å². The van der Waals surface area contributed by atoms with Crippen molar-refractivity contribution in [3.8, 4) is 17.1 Å². The van der Waals surface area contributed by atoms with E-state index in [1.807, 2.05) is 13.8 Å². The van der Waals surface area contributed by atoms with Crippen LogP contribution in [0.4, 0.5) is 28.9 Å². The second-order valence-electron chi connectivity index (χ2n) is 13.7. The van der Waals surface area contributed by atoms with Crippen LogP contribution >= 0.6 is 11.6 Å². The van der Waals surface area contributed by atoms with Gasteiger partial charge in [-0.15, -0.1) is 5.10 Å². The summed E-state index contributed by atoms with van der Waals surface area (Å²) in [6.07, 6.45) is -3.27. The SMILES string of the molecule is CCc1c(N2CCN(C(=O)c3ncnc(C)c3O)CC2)c(=O)n2nc(-c3cc4c(cc3F)C(C)(C)OC4)nc2n1CC(=O)Nc1ccc(C(F)(F)F)cc1Cl. The topological polar surface area (TPSA) is 160 Å². The summed E-state index contributed by atoms with van der Waals surface area (Å²) in [5.41, 5.74) is -0.404. The molecule has 1 fully saturated rings. The van der Waals surface area contributed by atoms with Crippen LogP contribution in [0.25, 0.3) is 17.2 Å². The number of carbonyl (C=O) groups excluding carboxylic acids is 2. The molecule has 2 aliphatic rings. The van der Waals surface area contributed by atoms with E-state index in [2.05, 4.69) is 25.4 Å². The molecule has 2 amide bonds. The number of nitrogens with zero attached hydrogens (tertiary/aromatic N) is 8. The van der Waals surface area contributed by atoms with E-state index in [0.717, 1.165) is 22.2 Å². The van der Waals surface area contributed by atoms with Crippen molar-refractivity contribution in [1.29, 1.82) is 0 Å². The second kappa shape index (κ2) is 13.9. The number of alkyl halides is 3. The number of nitrogens with one attached hydrogen (secondary N) is 1. The number of piperazine rings is 1. The van der Waals surface area contributed by atoms with Gasteiger partial charge in [0.15, 0.2) is 17.3 Å². The van der Waals surface area contributed by atoms with Gasteiger partial charge >= 0.3 is 6.18 Å². The fourth-order valence-corrected chi connectivity index (χ4v) is 7.11. The number of ether oxygens (including phenoxy) is 1. The number of amides is 2. The van der Waals surface area contributed by atoms with E-state index in [9.17, 15) is 32.7 Å². The highest BCUT2D eigenvalue weighted by Gasteiger charge is 2.35. The molecule has 1 saturated heterocycles. The monoisotopic (exact) mass is 783 g/mol. The maximum Gasteiger partial charge on any atom is 0.416 e. The molecule has 5 heterocycles. The number of benzene rings is 2. The van der Waals surface area contributed by atoms with E-state index in [4.69, 9.17) is 16.3 Å². The zero-order valence-electron chi connectivity index (χ0n) is 30.0. The molecule has 0 bridgehead atoms. The third-order valence-electron chi connectivity index (χ3n) is 9.79. The van der Waals surface area contributed by atoms with Crippen LogP contribution in [-0.4, -0.2) is 77.1 Å². The summed E-state index contributed by atoms with van der Waals surface area (Å²) in [6, 6.07) is 5.44. The standard InChI is InChI=1S/C36H34ClF4N9O5/c1-5-26-29(47-8-10-48(11-9-47)32(53)28-30(52)18(2)42-17-43-28)33(54)50-34(45-31(46-50)21-12-19-16-55-35(3,4)22(19)14-24(21)38)49(26)15-27(51)44-25-7-6-20(13-23(25)37)36(39,40)41/h6-7,12-14,17,52H,5,8-11,15-16H2,1-4H3,(H,44,51). The van der Waals surface area contributed by atoms with Gasteiger partial charge in [0.25, 0.3) is 11.5 Å². The van der Waals surface area contributed by atoms with Gasteiger partial charge in [-0.25, -0.2) is 14.4 Å².